The van der Waals surface area contributed by atoms with E-state index in [9.17, 15) is 0 Å². The van der Waals surface area contributed by atoms with Gasteiger partial charge in [0.1, 0.15) is 0 Å². The lowest BCUT2D eigenvalue weighted by Crippen LogP contribution is -2.32. The highest BCUT2D eigenvalue weighted by molar-refractivity contribution is 5.48. The molecule has 1 atom stereocenters. The maximum Gasteiger partial charge on any atom is 0.0703 e. The monoisotopic (exact) mass is 361 g/mol. The summed E-state index contributed by atoms with van der Waals surface area (Å²) in [5.74, 6) is 0. The molecule has 0 aromatic heterocycles. The summed E-state index contributed by atoms with van der Waals surface area (Å²) >= 11 is 0. The van der Waals surface area contributed by atoms with Gasteiger partial charge in [-0.3, -0.25) is 4.90 Å². The lowest BCUT2D eigenvalue weighted by atomic mass is 10.1. The Kier molecular flexibility index (Phi) is 7.88. The third-order valence-corrected chi connectivity index (χ3v) is 5.03. The minimum absolute atomic E-state index is 0.377. The number of ether oxygens (including phenoxy) is 1. The molecule has 0 amide bonds. The second kappa shape index (κ2) is 10.9. The first kappa shape index (κ1) is 19.6. The van der Waals surface area contributed by atoms with E-state index in [1.54, 1.807) is 0 Å². The maximum atomic E-state index is 5.87. The zero-order valence-corrected chi connectivity index (χ0v) is 16.2. The Morgan fingerprint density at radius 3 is 2.52 bits per heavy atom. The van der Waals surface area contributed by atoms with E-state index in [0.29, 0.717) is 6.10 Å². The molecule has 1 fully saturated rings. The molecule has 0 aliphatic carbocycles. The number of benzene rings is 2. The zero-order valence-electron chi connectivity index (χ0n) is 16.2. The average molecular weight is 362 g/mol. The highest BCUT2D eigenvalue weighted by Gasteiger charge is 2.18. The van der Waals surface area contributed by atoms with E-state index in [1.807, 2.05) is 6.08 Å². The van der Waals surface area contributed by atoms with E-state index in [-0.39, 0.29) is 0 Å². The molecule has 142 valence electrons. The highest BCUT2D eigenvalue weighted by Crippen LogP contribution is 2.16. The fourth-order valence-electron chi connectivity index (χ4n) is 3.52. The van der Waals surface area contributed by atoms with Crippen LogP contribution in [0.1, 0.15) is 36.0 Å². The second-order valence-electron chi connectivity index (χ2n) is 7.29. The molecule has 1 unspecified atom stereocenters. The van der Waals surface area contributed by atoms with Crippen LogP contribution in [0.2, 0.25) is 0 Å². The number of allylic oxidation sites excluding steroid dienone is 1. The Bertz CT molecular complexity index is 699. The number of aryl methyl sites for hydroxylation is 1. The van der Waals surface area contributed by atoms with Crippen LogP contribution in [0.5, 0.6) is 0 Å². The molecule has 0 radical (unpaired) electrons. The Labute approximate surface area is 164 Å². The lowest BCUT2D eigenvalue weighted by Gasteiger charge is -2.24. The van der Waals surface area contributed by atoms with Crippen molar-refractivity contribution in [2.24, 2.45) is 0 Å². The molecule has 1 heterocycles. The normalized spacial score (nSPS) is 17.0. The maximum absolute atomic E-state index is 5.87. The molecule has 2 aromatic rings. The van der Waals surface area contributed by atoms with Crippen molar-refractivity contribution in [1.29, 1.82) is 0 Å². The van der Waals surface area contributed by atoms with Gasteiger partial charge < -0.3 is 4.74 Å². The molecule has 0 N–H and O–H groups in total. The molecule has 2 nitrogen and oxygen atoms in total. The van der Waals surface area contributed by atoms with Gasteiger partial charge in [0.25, 0.3) is 0 Å². The predicted molar refractivity (Wildman–Crippen MR) is 115 cm³/mol. The summed E-state index contributed by atoms with van der Waals surface area (Å²) < 4.78 is 5.87. The van der Waals surface area contributed by atoms with Gasteiger partial charge in [0, 0.05) is 26.2 Å². The minimum Gasteiger partial charge on any atom is -0.377 e. The molecule has 3 rings (SSSR count). The molecule has 1 aliphatic heterocycles. The van der Waals surface area contributed by atoms with Gasteiger partial charge in [0.15, 0.2) is 0 Å². The Morgan fingerprint density at radius 1 is 1.04 bits per heavy atom. The highest BCUT2D eigenvalue weighted by atomic mass is 16.5. The summed E-state index contributed by atoms with van der Waals surface area (Å²) in [4.78, 5) is 2.49. The van der Waals surface area contributed by atoms with Crippen LogP contribution in [0.4, 0.5) is 0 Å². The summed E-state index contributed by atoms with van der Waals surface area (Å²) in [6.07, 6.45) is 11.3. The van der Waals surface area contributed by atoms with E-state index < -0.39 is 0 Å². The quantitative estimate of drug-likeness (QED) is 0.518. The van der Waals surface area contributed by atoms with Crippen molar-refractivity contribution in [1.82, 2.24) is 4.90 Å². The van der Waals surface area contributed by atoms with Crippen LogP contribution >= 0.6 is 0 Å². The first-order valence-electron chi connectivity index (χ1n) is 10.1. The van der Waals surface area contributed by atoms with Crippen LogP contribution in [-0.4, -0.2) is 30.7 Å². The van der Waals surface area contributed by atoms with Gasteiger partial charge >= 0.3 is 0 Å². The third kappa shape index (κ3) is 6.82. The molecular formula is C25H31NO. The second-order valence-corrected chi connectivity index (χ2v) is 7.29. The standard InChI is InChI=1S/C25H31NO/c1-2-3-9-23-14-16-24(17-15-23)20-26(21-25-13-8-19-27-25)18-7-12-22-10-5-4-6-11-22/h2,4-7,10-12,14-17,25H,1,3,8-9,13,18-21H2/b12-7+. The van der Waals surface area contributed by atoms with E-state index in [0.717, 1.165) is 39.1 Å². The molecule has 2 aromatic carbocycles. The van der Waals surface area contributed by atoms with Gasteiger partial charge in [-0.25, -0.2) is 0 Å². The minimum atomic E-state index is 0.377. The number of hydrogen-bond donors (Lipinski definition) is 0. The van der Waals surface area contributed by atoms with E-state index >= 15 is 0 Å². The summed E-state index contributed by atoms with van der Waals surface area (Å²) in [6, 6.07) is 19.5. The summed E-state index contributed by atoms with van der Waals surface area (Å²) in [5.41, 5.74) is 4.00. The van der Waals surface area contributed by atoms with Gasteiger partial charge in [0.2, 0.25) is 0 Å². The van der Waals surface area contributed by atoms with Gasteiger partial charge in [-0.05, 0) is 42.4 Å². The number of nitrogens with zero attached hydrogens (tertiary/aromatic N) is 1. The van der Waals surface area contributed by atoms with Gasteiger partial charge in [-0.15, -0.1) is 6.58 Å². The topological polar surface area (TPSA) is 12.5 Å². The molecule has 0 bridgehead atoms. The summed E-state index contributed by atoms with van der Waals surface area (Å²) in [5, 5.41) is 0. The first-order valence-corrected chi connectivity index (χ1v) is 10.1. The fraction of sp³-hybridized carbons (Fsp3) is 0.360. The predicted octanol–water partition coefficient (Wildman–Crippen LogP) is 5.50. The van der Waals surface area contributed by atoms with Crippen molar-refractivity contribution >= 4 is 6.08 Å². The first-order chi connectivity index (χ1) is 13.3. The fourth-order valence-corrected chi connectivity index (χ4v) is 3.52. The summed E-state index contributed by atoms with van der Waals surface area (Å²) in [6.45, 7) is 7.61. The lowest BCUT2D eigenvalue weighted by molar-refractivity contribution is 0.0747. The Balaban J connectivity index is 1.60. The smallest absolute Gasteiger partial charge is 0.0703 e. The molecular weight excluding hydrogens is 330 g/mol. The van der Waals surface area contributed by atoms with Crippen molar-refractivity contribution in [3.63, 3.8) is 0 Å². The molecule has 27 heavy (non-hydrogen) atoms. The van der Waals surface area contributed by atoms with Gasteiger partial charge in [0.05, 0.1) is 6.10 Å². The van der Waals surface area contributed by atoms with Crippen LogP contribution in [0, 0.1) is 0 Å². The molecule has 0 saturated carbocycles. The molecule has 1 aliphatic rings. The van der Waals surface area contributed by atoms with Crippen molar-refractivity contribution in [3.8, 4) is 0 Å². The average Bonchev–Trinajstić information content (AvgIpc) is 3.21. The van der Waals surface area contributed by atoms with E-state index in [4.69, 9.17) is 4.74 Å². The number of hydrogen-bond acceptors (Lipinski definition) is 2. The van der Waals surface area contributed by atoms with Crippen molar-refractivity contribution in [2.45, 2.75) is 38.3 Å². The SMILES string of the molecule is C=CCCc1ccc(CN(C/C=C/c2ccccc2)CC2CCCO2)cc1. The van der Waals surface area contributed by atoms with Crippen molar-refractivity contribution in [2.75, 3.05) is 19.7 Å². The van der Waals surface area contributed by atoms with Crippen LogP contribution in [0.25, 0.3) is 6.08 Å². The Morgan fingerprint density at radius 2 is 1.81 bits per heavy atom. The Hall–Kier alpha value is -2.16. The molecule has 2 heteroatoms. The van der Waals surface area contributed by atoms with E-state index in [2.05, 4.69) is 78.2 Å². The number of rotatable bonds is 10. The largest absolute Gasteiger partial charge is 0.377 e. The van der Waals surface area contributed by atoms with Gasteiger partial charge in [-0.2, -0.15) is 0 Å². The van der Waals surface area contributed by atoms with Crippen LogP contribution in [0.15, 0.2) is 73.3 Å². The van der Waals surface area contributed by atoms with Crippen molar-refractivity contribution in [3.05, 3.63) is 90.0 Å². The van der Waals surface area contributed by atoms with Crippen LogP contribution in [0.3, 0.4) is 0 Å². The van der Waals surface area contributed by atoms with Crippen molar-refractivity contribution < 1.29 is 4.74 Å². The van der Waals surface area contributed by atoms with Gasteiger partial charge in [-0.1, -0.05) is 72.8 Å². The van der Waals surface area contributed by atoms with Crippen LogP contribution < -0.4 is 0 Å². The van der Waals surface area contributed by atoms with E-state index in [1.165, 1.54) is 29.5 Å². The third-order valence-electron chi connectivity index (χ3n) is 5.03. The van der Waals surface area contributed by atoms with Crippen LogP contribution in [-0.2, 0) is 17.7 Å². The zero-order chi connectivity index (χ0) is 18.7. The molecule has 0 spiro atoms. The molecule has 1 saturated heterocycles. The summed E-state index contributed by atoms with van der Waals surface area (Å²) in [7, 11) is 0.